The number of halogens is 2. The van der Waals surface area contributed by atoms with Gasteiger partial charge in [-0.25, -0.2) is 23.7 Å². The first-order valence-electron chi connectivity index (χ1n) is 9.01. The molecular weight excluding hydrogens is 358 g/mol. The molecule has 0 radical (unpaired) electrons. The van der Waals surface area contributed by atoms with Crippen LogP contribution >= 0.6 is 0 Å². The van der Waals surface area contributed by atoms with Gasteiger partial charge in [-0.3, -0.25) is 4.79 Å². The summed E-state index contributed by atoms with van der Waals surface area (Å²) in [4.78, 5) is 26.7. The Balaban J connectivity index is 1.84. The second-order valence-corrected chi connectivity index (χ2v) is 6.78. The van der Waals surface area contributed by atoms with Crippen LogP contribution in [0, 0.1) is 0 Å². The van der Waals surface area contributed by atoms with Gasteiger partial charge in [-0.05, 0) is 27.7 Å². The number of alkyl halides is 2. The molecule has 8 nitrogen and oxygen atoms in total. The van der Waals surface area contributed by atoms with E-state index in [1.54, 1.807) is 18.7 Å². The van der Waals surface area contributed by atoms with Crippen molar-refractivity contribution in [2.24, 2.45) is 0 Å². The van der Waals surface area contributed by atoms with Crippen LogP contribution in [0.1, 0.15) is 39.9 Å². The van der Waals surface area contributed by atoms with E-state index in [0.29, 0.717) is 25.3 Å². The van der Waals surface area contributed by atoms with Gasteiger partial charge < -0.3 is 19.5 Å². The van der Waals surface area contributed by atoms with Gasteiger partial charge in [0, 0.05) is 19.6 Å². The van der Waals surface area contributed by atoms with Crippen LogP contribution in [0.15, 0.2) is 6.33 Å². The minimum atomic E-state index is -2.72. The molecule has 10 heteroatoms. The Morgan fingerprint density at radius 2 is 2.00 bits per heavy atom. The Bertz CT molecular complexity index is 817. The average Bonchev–Trinajstić information content (AvgIpc) is 3.00. The maximum Gasteiger partial charge on any atom is 0.295 e. The smallest absolute Gasteiger partial charge is 0.295 e. The Hall–Kier alpha value is -2.36. The van der Waals surface area contributed by atoms with Gasteiger partial charge in [-0.1, -0.05) is 0 Å². The third-order valence-corrected chi connectivity index (χ3v) is 4.53. The van der Waals surface area contributed by atoms with Crippen molar-refractivity contribution in [2.75, 3.05) is 18.4 Å². The molecule has 1 aliphatic rings. The van der Waals surface area contributed by atoms with Gasteiger partial charge >= 0.3 is 0 Å². The van der Waals surface area contributed by atoms with Crippen molar-refractivity contribution >= 4 is 22.9 Å². The summed E-state index contributed by atoms with van der Waals surface area (Å²) in [5.41, 5.74) is 0.552. The lowest BCUT2D eigenvalue weighted by molar-refractivity contribution is -0.143. The van der Waals surface area contributed by atoms with E-state index in [0.717, 1.165) is 0 Å². The summed E-state index contributed by atoms with van der Waals surface area (Å²) in [7, 11) is 0. The fraction of sp³-hybridized carbons (Fsp3) is 0.647. The molecule has 27 heavy (non-hydrogen) atoms. The number of morpholine rings is 1. The molecule has 148 valence electrons. The molecule has 0 bridgehead atoms. The first-order chi connectivity index (χ1) is 12.8. The maximum absolute atomic E-state index is 13.3. The number of hydrogen-bond acceptors (Lipinski definition) is 6. The predicted molar refractivity (Wildman–Crippen MR) is 95.6 cm³/mol. The predicted octanol–water partition coefficient (Wildman–Crippen LogP) is 2.22. The number of imidazole rings is 1. The lowest BCUT2D eigenvalue weighted by Crippen LogP contribution is -2.52. The normalized spacial score (nSPS) is 21.7. The van der Waals surface area contributed by atoms with Gasteiger partial charge in [0.15, 0.2) is 22.8 Å². The fourth-order valence-corrected chi connectivity index (χ4v) is 3.44. The number of hydrogen-bond donors (Lipinski definition) is 1. The topological polar surface area (TPSA) is 85.2 Å². The zero-order chi connectivity index (χ0) is 19.7. The van der Waals surface area contributed by atoms with Crippen molar-refractivity contribution in [3.05, 3.63) is 12.2 Å². The number of nitrogens with one attached hydrogen (secondary N) is 1. The first kappa shape index (κ1) is 19.4. The van der Waals surface area contributed by atoms with Crippen molar-refractivity contribution in [1.82, 2.24) is 24.4 Å². The molecule has 1 saturated heterocycles. The van der Waals surface area contributed by atoms with Gasteiger partial charge in [0.25, 0.3) is 6.43 Å². The van der Waals surface area contributed by atoms with Gasteiger partial charge in [0.05, 0.1) is 12.2 Å². The van der Waals surface area contributed by atoms with Crippen LogP contribution in [-0.4, -0.2) is 61.7 Å². The van der Waals surface area contributed by atoms with Crippen LogP contribution in [0.25, 0.3) is 11.2 Å². The highest BCUT2D eigenvalue weighted by atomic mass is 19.3. The number of amides is 1. The Labute approximate surface area is 155 Å². The van der Waals surface area contributed by atoms with Crippen LogP contribution in [-0.2, 0) is 16.1 Å². The van der Waals surface area contributed by atoms with Crippen molar-refractivity contribution in [1.29, 1.82) is 0 Å². The number of carbonyl (C=O) groups is 1. The lowest BCUT2D eigenvalue weighted by atomic mass is 10.2. The standard InChI is InChI=1S/C17H24F2N6O2/c1-5-25-15-12(23-16(25)13(18)19)14(20-8-21-15)22-11(4)17(26)24-6-9(2)27-10(3)7-24/h8-11,13H,5-7H2,1-4H3,(H,20,21,22)/t9-,10+,11-/m0/s1. The van der Waals surface area contributed by atoms with Gasteiger partial charge in [-0.15, -0.1) is 0 Å². The first-order valence-corrected chi connectivity index (χ1v) is 9.01. The highest BCUT2D eigenvalue weighted by Crippen LogP contribution is 2.26. The SMILES string of the molecule is CCn1c(C(F)F)nc2c(N[C@@H](C)C(=O)N3C[C@@H](C)O[C@@H](C)C3)ncnc21. The molecule has 1 amide bonds. The summed E-state index contributed by atoms with van der Waals surface area (Å²) in [6, 6.07) is -0.595. The maximum atomic E-state index is 13.3. The van der Waals surface area contributed by atoms with Crippen molar-refractivity contribution in [3.8, 4) is 0 Å². The molecule has 2 aromatic heterocycles. The third-order valence-electron chi connectivity index (χ3n) is 4.53. The molecule has 3 atom stereocenters. The zero-order valence-corrected chi connectivity index (χ0v) is 15.8. The number of carbonyl (C=O) groups excluding carboxylic acids is 1. The molecule has 2 aromatic rings. The number of ether oxygens (including phenoxy) is 1. The van der Waals surface area contributed by atoms with E-state index in [2.05, 4.69) is 20.3 Å². The van der Waals surface area contributed by atoms with Gasteiger partial charge in [-0.2, -0.15) is 0 Å². The van der Waals surface area contributed by atoms with E-state index in [4.69, 9.17) is 4.74 Å². The molecule has 3 heterocycles. The summed E-state index contributed by atoms with van der Waals surface area (Å²) in [6.45, 7) is 8.63. The number of fused-ring (bicyclic) bond motifs is 1. The third kappa shape index (κ3) is 3.85. The molecule has 0 saturated carbocycles. The van der Waals surface area contributed by atoms with Gasteiger partial charge in [0.1, 0.15) is 12.4 Å². The van der Waals surface area contributed by atoms with Crippen LogP contribution < -0.4 is 5.32 Å². The molecule has 1 aliphatic heterocycles. The van der Waals surface area contributed by atoms with E-state index < -0.39 is 12.5 Å². The lowest BCUT2D eigenvalue weighted by Gasteiger charge is -2.36. The molecule has 0 aliphatic carbocycles. The van der Waals surface area contributed by atoms with E-state index in [1.807, 2.05) is 13.8 Å². The molecule has 0 unspecified atom stereocenters. The Morgan fingerprint density at radius 3 is 2.59 bits per heavy atom. The van der Waals surface area contributed by atoms with Crippen molar-refractivity contribution in [3.63, 3.8) is 0 Å². The minimum absolute atomic E-state index is 0.0375. The van der Waals surface area contributed by atoms with E-state index in [-0.39, 0.29) is 35.3 Å². The average molecular weight is 382 g/mol. The molecule has 1 N–H and O–H groups in total. The second kappa shape index (κ2) is 7.71. The molecular formula is C17H24F2N6O2. The second-order valence-electron chi connectivity index (χ2n) is 6.78. The van der Waals surface area contributed by atoms with E-state index >= 15 is 0 Å². The molecule has 0 spiro atoms. The van der Waals surface area contributed by atoms with Crippen LogP contribution in [0.2, 0.25) is 0 Å². The Kier molecular flexibility index (Phi) is 5.54. The molecule has 1 fully saturated rings. The van der Waals surface area contributed by atoms with Crippen molar-refractivity contribution < 1.29 is 18.3 Å². The highest BCUT2D eigenvalue weighted by molar-refractivity contribution is 5.89. The van der Waals surface area contributed by atoms with E-state index in [1.165, 1.54) is 10.9 Å². The number of aromatic nitrogens is 4. The fourth-order valence-electron chi connectivity index (χ4n) is 3.44. The Morgan fingerprint density at radius 1 is 1.33 bits per heavy atom. The summed E-state index contributed by atoms with van der Waals surface area (Å²) in [6.07, 6.45) is -1.51. The van der Waals surface area contributed by atoms with Crippen molar-refractivity contribution in [2.45, 2.75) is 58.9 Å². The minimum Gasteiger partial charge on any atom is -0.372 e. The van der Waals surface area contributed by atoms with Crippen LogP contribution in [0.5, 0.6) is 0 Å². The monoisotopic (exact) mass is 382 g/mol. The number of nitrogens with zero attached hydrogens (tertiary/aromatic N) is 5. The summed E-state index contributed by atoms with van der Waals surface area (Å²) >= 11 is 0. The number of rotatable bonds is 5. The van der Waals surface area contributed by atoms with Crippen LogP contribution in [0.3, 0.4) is 0 Å². The highest BCUT2D eigenvalue weighted by Gasteiger charge is 2.29. The number of aryl methyl sites for hydroxylation is 1. The molecule has 0 aromatic carbocycles. The largest absolute Gasteiger partial charge is 0.372 e. The molecule has 3 rings (SSSR count). The quantitative estimate of drug-likeness (QED) is 0.854. The zero-order valence-electron chi connectivity index (χ0n) is 15.8. The van der Waals surface area contributed by atoms with Crippen LogP contribution in [0.4, 0.5) is 14.6 Å². The van der Waals surface area contributed by atoms with Gasteiger partial charge in [0.2, 0.25) is 5.91 Å². The summed E-state index contributed by atoms with van der Waals surface area (Å²) in [5.74, 6) is -0.192. The number of anilines is 1. The summed E-state index contributed by atoms with van der Waals surface area (Å²) in [5, 5.41) is 3.01. The summed E-state index contributed by atoms with van der Waals surface area (Å²) < 4.78 is 33.5. The van der Waals surface area contributed by atoms with E-state index in [9.17, 15) is 13.6 Å².